The largest absolute Gasteiger partial charge is 0.487 e. The Balaban J connectivity index is 1.12. The molecule has 0 unspecified atom stereocenters. The maximum atomic E-state index is 14.3. The molecular weight excluding hydrogens is 653 g/mol. The molecule has 1 fully saturated rings. The van der Waals surface area contributed by atoms with Crippen LogP contribution in [0.4, 0.5) is 24.7 Å². The Hall–Kier alpha value is -5.08. The summed E-state index contributed by atoms with van der Waals surface area (Å²) in [5, 5.41) is 10.5. The summed E-state index contributed by atoms with van der Waals surface area (Å²) in [5.74, 6) is 0.359. The number of fused-ring (bicyclic) bond motifs is 4. The molecular formula is C32H22ClF3N8O2S. The van der Waals surface area contributed by atoms with Crippen molar-refractivity contribution in [3.63, 3.8) is 0 Å². The van der Waals surface area contributed by atoms with Gasteiger partial charge in [-0.3, -0.25) is 9.78 Å². The van der Waals surface area contributed by atoms with Gasteiger partial charge in [0.05, 0.1) is 23.5 Å². The summed E-state index contributed by atoms with van der Waals surface area (Å²) in [6, 6.07) is 11.0. The van der Waals surface area contributed by atoms with Crippen LogP contribution in [0.2, 0.25) is 0 Å². The maximum Gasteiger partial charge on any atom is 0.487 e. The fourth-order valence-electron chi connectivity index (χ4n) is 5.79. The number of nitrogens with zero attached hydrogens (tertiary/aromatic N) is 7. The minimum atomic E-state index is -3.85. The molecule has 0 radical (unpaired) electrons. The average Bonchev–Trinajstić information content (AvgIpc) is 3.85. The molecule has 1 amide bonds. The quantitative estimate of drug-likeness (QED) is 0.182. The number of rotatable bonds is 7. The summed E-state index contributed by atoms with van der Waals surface area (Å²) in [6.07, 6.45) is 6.81. The minimum Gasteiger partial charge on any atom is -0.420 e. The highest BCUT2D eigenvalue weighted by molar-refractivity contribution is 7.16. The van der Waals surface area contributed by atoms with Crippen LogP contribution in [0.15, 0.2) is 72.6 Å². The number of nitrogens with one attached hydrogen (secondary N) is 1. The number of halogens is 4. The highest BCUT2D eigenvalue weighted by Gasteiger charge is 2.30. The van der Waals surface area contributed by atoms with Crippen LogP contribution in [0.1, 0.15) is 28.0 Å². The molecule has 0 saturated carbocycles. The van der Waals surface area contributed by atoms with E-state index in [-0.39, 0.29) is 17.9 Å². The smallest absolute Gasteiger partial charge is 0.420 e. The second-order valence-corrected chi connectivity index (χ2v) is 12.5. The number of carbonyl (C=O) groups is 1. The van der Waals surface area contributed by atoms with E-state index in [1.807, 2.05) is 28.6 Å². The van der Waals surface area contributed by atoms with E-state index in [2.05, 4.69) is 25.0 Å². The number of alkyl halides is 4. The fourth-order valence-corrected chi connectivity index (χ4v) is 6.62. The predicted molar refractivity (Wildman–Crippen MR) is 171 cm³/mol. The van der Waals surface area contributed by atoms with Crippen LogP contribution in [0.25, 0.3) is 38.5 Å². The molecule has 1 saturated heterocycles. The first kappa shape index (κ1) is 29.3. The van der Waals surface area contributed by atoms with E-state index in [4.69, 9.17) is 21.7 Å². The standard InChI is InChI=1S/C32H22ClF3N8O2S/c33-32(35,36)46-23-3-1-22(2-4-23)40-29(45)19-10-24(28(38-14-19)43-7-5-21(34)16-43)18-9-25-26(37-13-18)11-20-15-44(42-27(20)25)31-39-12-17-6-8-47-30(17)41-31/h1-4,6,8-10,12-15,21H,5,7,11,16H2,(H,40,45)/t21-/m1/s1. The van der Waals surface area contributed by atoms with Crippen LogP contribution >= 0.6 is 22.9 Å². The molecule has 15 heteroatoms. The van der Waals surface area contributed by atoms with Gasteiger partial charge in [-0.25, -0.2) is 19.0 Å². The molecule has 236 valence electrons. The monoisotopic (exact) mass is 674 g/mol. The topological polar surface area (TPSA) is 111 Å². The Morgan fingerprint density at radius 3 is 2.70 bits per heavy atom. The van der Waals surface area contributed by atoms with Crippen LogP contribution in [0, 0.1) is 0 Å². The molecule has 1 aromatic carbocycles. The van der Waals surface area contributed by atoms with Gasteiger partial charge in [-0.15, -0.1) is 20.1 Å². The Bertz CT molecular complexity index is 2170. The third-order valence-electron chi connectivity index (χ3n) is 7.99. The van der Waals surface area contributed by atoms with Crippen molar-refractivity contribution in [2.45, 2.75) is 24.6 Å². The summed E-state index contributed by atoms with van der Waals surface area (Å²) in [6.45, 7) is 0.660. The molecule has 0 bridgehead atoms. The SMILES string of the molecule is O=C(Nc1ccc(OC(F)(F)Cl)cc1)c1cnc(N2CC[C@@H](F)C2)c(-c2cnc3c(c2)-c2nn(-c4ncc5ccsc5n4)cc2C3)c1. The third kappa shape index (κ3) is 5.74. The molecule has 47 heavy (non-hydrogen) atoms. The Kier molecular flexibility index (Phi) is 7.06. The van der Waals surface area contributed by atoms with Gasteiger partial charge >= 0.3 is 5.57 Å². The van der Waals surface area contributed by atoms with Crippen molar-refractivity contribution in [3.8, 4) is 34.1 Å². The average molecular weight is 675 g/mol. The van der Waals surface area contributed by atoms with Crippen molar-refractivity contribution in [3.05, 3.63) is 89.5 Å². The number of hydrogen-bond donors (Lipinski definition) is 1. The molecule has 1 atom stereocenters. The lowest BCUT2D eigenvalue weighted by atomic mass is 10.0. The molecule has 1 aliphatic carbocycles. The van der Waals surface area contributed by atoms with Crippen LogP contribution in [0.5, 0.6) is 5.75 Å². The number of aromatic nitrogens is 6. The second kappa shape index (κ2) is 11.3. The van der Waals surface area contributed by atoms with Crippen LogP contribution in [-0.4, -0.2) is 60.5 Å². The molecule has 1 aliphatic heterocycles. The molecule has 8 rings (SSSR count). The lowest BCUT2D eigenvalue weighted by Crippen LogP contribution is -2.22. The summed E-state index contributed by atoms with van der Waals surface area (Å²) in [7, 11) is 0. The van der Waals surface area contributed by atoms with Crippen molar-refractivity contribution in [2.75, 3.05) is 23.3 Å². The van der Waals surface area contributed by atoms with Gasteiger partial charge in [0.1, 0.15) is 22.6 Å². The van der Waals surface area contributed by atoms with Gasteiger partial charge in [-0.2, -0.15) is 10.1 Å². The molecule has 1 N–H and O–H groups in total. The van der Waals surface area contributed by atoms with E-state index in [0.717, 1.165) is 32.7 Å². The van der Waals surface area contributed by atoms with E-state index < -0.39 is 17.6 Å². The second-order valence-electron chi connectivity index (χ2n) is 11.1. The fraction of sp³-hybridized carbons (Fsp3) is 0.188. The predicted octanol–water partition coefficient (Wildman–Crippen LogP) is 6.87. The summed E-state index contributed by atoms with van der Waals surface area (Å²) < 4.78 is 46.2. The zero-order valence-electron chi connectivity index (χ0n) is 24.2. The van der Waals surface area contributed by atoms with Crippen LogP contribution in [0.3, 0.4) is 0 Å². The van der Waals surface area contributed by atoms with Gasteiger partial charge in [0, 0.05) is 82.7 Å². The van der Waals surface area contributed by atoms with Gasteiger partial charge in [0.25, 0.3) is 11.9 Å². The number of pyridine rings is 2. The van der Waals surface area contributed by atoms with Crippen molar-refractivity contribution in [1.29, 1.82) is 0 Å². The Labute approximate surface area is 273 Å². The number of amides is 1. The number of hydrogen-bond acceptors (Lipinski definition) is 9. The van der Waals surface area contributed by atoms with Gasteiger partial charge in [-0.05, 0) is 54.3 Å². The third-order valence-corrected chi connectivity index (χ3v) is 8.89. The zero-order valence-corrected chi connectivity index (χ0v) is 25.8. The van der Waals surface area contributed by atoms with Crippen molar-refractivity contribution in [1.82, 2.24) is 29.7 Å². The van der Waals surface area contributed by atoms with Crippen molar-refractivity contribution in [2.24, 2.45) is 0 Å². The van der Waals surface area contributed by atoms with Gasteiger partial charge < -0.3 is 15.0 Å². The summed E-state index contributed by atoms with van der Waals surface area (Å²) >= 11 is 6.37. The van der Waals surface area contributed by atoms with E-state index >= 15 is 0 Å². The number of anilines is 2. The summed E-state index contributed by atoms with van der Waals surface area (Å²) in [5.41, 5.74) is 1.46. The molecule has 0 spiro atoms. The number of carbonyl (C=O) groups excluding carboxylic acids is 1. The number of ether oxygens (including phenoxy) is 1. The first-order chi connectivity index (χ1) is 22.7. The normalized spacial score (nSPS) is 15.6. The van der Waals surface area contributed by atoms with E-state index in [1.54, 1.807) is 23.1 Å². The molecule has 2 aliphatic rings. The first-order valence-corrected chi connectivity index (χ1v) is 15.8. The van der Waals surface area contributed by atoms with Gasteiger partial charge in [0.15, 0.2) is 0 Å². The molecule has 6 heterocycles. The van der Waals surface area contributed by atoms with Gasteiger partial charge in [0.2, 0.25) is 0 Å². The minimum absolute atomic E-state index is 0.165. The molecule has 10 nitrogen and oxygen atoms in total. The number of thiophene rings is 1. The van der Waals surface area contributed by atoms with Crippen LogP contribution < -0.4 is 15.0 Å². The van der Waals surface area contributed by atoms with Crippen LogP contribution in [-0.2, 0) is 6.42 Å². The lowest BCUT2D eigenvalue weighted by Gasteiger charge is -2.21. The van der Waals surface area contributed by atoms with Gasteiger partial charge in [-0.1, -0.05) is 0 Å². The molecule has 6 aromatic rings. The molecule has 5 aromatic heterocycles. The van der Waals surface area contributed by atoms with E-state index in [1.165, 1.54) is 41.8 Å². The zero-order chi connectivity index (χ0) is 32.3. The van der Waals surface area contributed by atoms with Crippen molar-refractivity contribution < 1.29 is 22.7 Å². The lowest BCUT2D eigenvalue weighted by molar-refractivity contribution is -0.0964. The maximum absolute atomic E-state index is 14.3. The highest BCUT2D eigenvalue weighted by atomic mass is 35.5. The Morgan fingerprint density at radius 1 is 1.06 bits per heavy atom. The first-order valence-electron chi connectivity index (χ1n) is 14.5. The summed E-state index contributed by atoms with van der Waals surface area (Å²) in [4.78, 5) is 34.5. The number of benzene rings is 1. The Morgan fingerprint density at radius 2 is 1.91 bits per heavy atom. The van der Waals surface area contributed by atoms with E-state index in [9.17, 15) is 18.0 Å². The van der Waals surface area contributed by atoms with E-state index in [0.29, 0.717) is 48.0 Å². The van der Waals surface area contributed by atoms with Crippen molar-refractivity contribution >= 4 is 50.6 Å². The highest BCUT2D eigenvalue weighted by Crippen LogP contribution is 2.40.